The second-order valence-electron chi connectivity index (χ2n) is 5.43. The number of aromatic nitrogens is 2. The number of hydrogen-bond acceptors (Lipinski definition) is 3. The fourth-order valence-electron chi connectivity index (χ4n) is 2.64. The molecule has 0 aliphatic carbocycles. The molecule has 6 nitrogen and oxygen atoms in total. The lowest BCUT2D eigenvalue weighted by Gasteiger charge is -2.13. The molecule has 6 heteroatoms. The zero-order valence-electron chi connectivity index (χ0n) is 12.5. The fraction of sp³-hybridized carbons (Fsp3) is 0.375. The third kappa shape index (κ3) is 3.65. The number of aryl methyl sites for hydroxylation is 1. The largest absolute Gasteiger partial charge is 0.338 e. The van der Waals surface area contributed by atoms with E-state index in [9.17, 15) is 4.79 Å². The van der Waals surface area contributed by atoms with E-state index in [1.54, 1.807) is 0 Å². The molecule has 1 aliphatic heterocycles. The lowest BCUT2D eigenvalue weighted by molar-refractivity contribution is 0.252. The fourth-order valence-corrected chi connectivity index (χ4v) is 2.64. The van der Waals surface area contributed by atoms with Gasteiger partial charge in [0.05, 0.1) is 5.69 Å². The van der Waals surface area contributed by atoms with E-state index < -0.39 is 0 Å². The van der Waals surface area contributed by atoms with E-state index in [1.807, 2.05) is 18.2 Å². The van der Waals surface area contributed by atoms with Crippen molar-refractivity contribution in [2.45, 2.75) is 25.8 Å². The lowest BCUT2D eigenvalue weighted by atomic mass is 10.1. The lowest BCUT2D eigenvalue weighted by Crippen LogP contribution is -2.31. The van der Waals surface area contributed by atoms with Gasteiger partial charge in [0, 0.05) is 18.7 Å². The maximum atomic E-state index is 11.9. The molecule has 0 bridgehead atoms. The molecular weight excluding hydrogens is 278 g/mol. The van der Waals surface area contributed by atoms with Gasteiger partial charge in [0.1, 0.15) is 0 Å². The van der Waals surface area contributed by atoms with Crippen LogP contribution in [0.15, 0.2) is 30.3 Å². The highest BCUT2D eigenvalue weighted by atomic mass is 16.2. The van der Waals surface area contributed by atoms with Crippen LogP contribution in [0.1, 0.15) is 23.2 Å². The molecule has 0 radical (unpaired) electrons. The van der Waals surface area contributed by atoms with Crippen LogP contribution in [-0.4, -0.2) is 29.3 Å². The van der Waals surface area contributed by atoms with E-state index in [0.29, 0.717) is 12.4 Å². The first kappa shape index (κ1) is 14.6. The number of fused-ring (bicyclic) bond motifs is 1. The number of hydrogen-bond donors (Lipinski definition) is 4. The topological polar surface area (TPSA) is 81.8 Å². The van der Waals surface area contributed by atoms with Gasteiger partial charge in [0.15, 0.2) is 5.82 Å². The van der Waals surface area contributed by atoms with Crippen molar-refractivity contribution in [1.82, 2.24) is 20.8 Å². The second kappa shape index (κ2) is 7.09. The van der Waals surface area contributed by atoms with Gasteiger partial charge in [-0.2, -0.15) is 5.10 Å². The zero-order chi connectivity index (χ0) is 15.2. The number of nitrogens with one attached hydrogen (secondary N) is 4. The van der Waals surface area contributed by atoms with E-state index in [-0.39, 0.29) is 6.03 Å². The van der Waals surface area contributed by atoms with Gasteiger partial charge >= 0.3 is 6.03 Å². The summed E-state index contributed by atoms with van der Waals surface area (Å²) in [5, 5.41) is 16.1. The molecule has 1 aromatic heterocycles. The maximum absolute atomic E-state index is 11.9. The van der Waals surface area contributed by atoms with E-state index in [4.69, 9.17) is 0 Å². The Morgan fingerprint density at radius 1 is 1.27 bits per heavy atom. The third-order valence-electron chi connectivity index (χ3n) is 3.81. The quantitative estimate of drug-likeness (QED) is 0.636. The summed E-state index contributed by atoms with van der Waals surface area (Å²) in [7, 11) is 0. The average molecular weight is 299 g/mol. The number of rotatable bonds is 5. The van der Waals surface area contributed by atoms with E-state index in [1.165, 1.54) is 5.56 Å². The minimum Gasteiger partial charge on any atom is -0.338 e. The molecule has 0 saturated carbocycles. The van der Waals surface area contributed by atoms with Crippen LogP contribution in [0.4, 0.5) is 10.6 Å². The molecule has 0 unspecified atom stereocenters. The van der Waals surface area contributed by atoms with Crippen molar-refractivity contribution in [3.05, 3.63) is 47.2 Å². The highest BCUT2D eigenvalue weighted by Gasteiger charge is 2.17. The normalized spacial score (nSPS) is 13.5. The smallest absolute Gasteiger partial charge is 0.320 e. The Hall–Kier alpha value is -2.34. The average Bonchev–Trinajstić information content (AvgIpc) is 2.96. The number of anilines is 1. The SMILES string of the molecule is O=C(NCCCc1ccccc1)Nc1n[nH]c2c1CCNC2. The molecule has 0 saturated heterocycles. The van der Waals surface area contributed by atoms with Crippen LogP contribution in [0.3, 0.4) is 0 Å². The Morgan fingerprint density at radius 3 is 3.00 bits per heavy atom. The highest BCUT2D eigenvalue weighted by molar-refractivity contribution is 5.89. The summed E-state index contributed by atoms with van der Waals surface area (Å²) in [6, 6.07) is 10.1. The van der Waals surface area contributed by atoms with Crippen molar-refractivity contribution in [2.75, 3.05) is 18.4 Å². The van der Waals surface area contributed by atoms with Gasteiger partial charge in [-0.05, 0) is 31.4 Å². The molecule has 3 rings (SSSR count). The molecule has 1 aliphatic rings. The van der Waals surface area contributed by atoms with Crippen LogP contribution in [0.5, 0.6) is 0 Å². The van der Waals surface area contributed by atoms with Crippen LogP contribution in [0.25, 0.3) is 0 Å². The molecule has 2 amide bonds. The van der Waals surface area contributed by atoms with E-state index in [0.717, 1.165) is 43.6 Å². The third-order valence-corrected chi connectivity index (χ3v) is 3.81. The first-order valence-corrected chi connectivity index (χ1v) is 7.68. The minimum absolute atomic E-state index is 0.194. The zero-order valence-corrected chi connectivity index (χ0v) is 12.5. The number of H-pyrrole nitrogens is 1. The summed E-state index contributed by atoms with van der Waals surface area (Å²) in [5.41, 5.74) is 3.46. The van der Waals surface area contributed by atoms with Crippen molar-refractivity contribution in [2.24, 2.45) is 0 Å². The highest BCUT2D eigenvalue weighted by Crippen LogP contribution is 2.19. The molecule has 116 valence electrons. The molecule has 2 aromatic rings. The van der Waals surface area contributed by atoms with E-state index in [2.05, 4.69) is 38.3 Å². The van der Waals surface area contributed by atoms with Crippen molar-refractivity contribution < 1.29 is 4.79 Å². The molecule has 4 N–H and O–H groups in total. The van der Waals surface area contributed by atoms with Crippen molar-refractivity contribution in [1.29, 1.82) is 0 Å². The van der Waals surface area contributed by atoms with Crippen LogP contribution in [0, 0.1) is 0 Å². The number of urea groups is 1. The Morgan fingerprint density at radius 2 is 2.14 bits per heavy atom. The summed E-state index contributed by atoms with van der Waals surface area (Å²) in [6.07, 6.45) is 2.76. The number of nitrogens with zero attached hydrogens (tertiary/aromatic N) is 1. The van der Waals surface area contributed by atoms with Gasteiger partial charge in [-0.1, -0.05) is 30.3 Å². The number of amides is 2. The van der Waals surface area contributed by atoms with Crippen LogP contribution < -0.4 is 16.0 Å². The van der Waals surface area contributed by atoms with Gasteiger partial charge < -0.3 is 10.6 Å². The number of carbonyl (C=O) groups excluding carboxylic acids is 1. The molecule has 22 heavy (non-hydrogen) atoms. The molecule has 2 heterocycles. The number of carbonyl (C=O) groups is 1. The van der Waals surface area contributed by atoms with Gasteiger partial charge in [-0.3, -0.25) is 10.4 Å². The molecule has 0 spiro atoms. The van der Waals surface area contributed by atoms with Crippen LogP contribution in [0.2, 0.25) is 0 Å². The van der Waals surface area contributed by atoms with Gasteiger partial charge in [0.2, 0.25) is 0 Å². The first-order valence-electron chi connectivity index (χ1n) is 7.68. The molecule has 0 atom stereocenters. The van der Waals surface area contributed by atoms with Crippen molar-refractivity contribution >= 4 is 11.8 Å². The Balaban J connectivity index is 1.42. The van der Waals surface area contributed by atoms with Crippen LogP contribution >= 0.6 is 0 Å². The molecular formula is C16H21N5O. The summed E-state index contributed by atoms with van der Waals surface area (Å²) in [6.45, 7) is 2.34. The summed E-state index contributed by atoms with van der Waals surface area (Å²) >= 11 is 0. The Labute approximate surface area is 129 Å². The first-order chi connectivity index (χ1) is 10.8. The van der Waals surface area contributed by atoms with Crippen molar-refractivity contribution in [3.63, 3.8) is 0 Å². The van der Waals surface area contributed by atoms with Gasteiger partial charge in [-0.15, -0.1) is 0 Å². The Kier molecular flexibility index (Phi) is 4.70. The monoisotopic (exact) mass is 299 g/mol. The maximum Gasteiger partial charge on any atom is 0.320 e. The summed E-state index contributed by atoms with van der Waals surface area (Å²) < 4.78 is 0. The van der Waals surface area contributed by atoms with Gasteiger partial charge in [0.25, 0.3) is 0 Å². The second-order valence-corrected chi connectivity index (χ2v) is 5.43. The van der Waals surface area contributed by atoms with Crippen molar-refractivity contribution in [3.8, 4) is 0 Å². The molecule has 0 fully saturated rings. The van der Waals surface area contributed by atoms with Crippen LogP contribution in [-0.2, 0) is 19.4 Å². The summed E-state index contributed by atoms with van der Waals surface area (Å²) in [5.74, 6) is 0.650. The van der Waals surface area contributed by atoms with E-state index >= 15 is 0 Å². The Bertz CT molecular complexity index is 623. The predicted molar refractivity (Wildman–Crippen MR) is 85.8 cm³/mol. The minimum atomic E-state index is -0.194. The number of benzene rings is 1. The standard InChI is InChI=1S/C16H21N5O/c22-16(18-9-4-7-12-5-2-1-3-6-12)19-15-13-8-10-17-11-14(13)20-21-15/h1-3,5-6,17H,4,7-11H2,(H3,18,19,20,21,22). The molecule has 1 aromatic carbocycles. The van der Waals surface area contributed by atoms with Gasteiger partial charge in [-0.25, -0.2) is 4.79 Å². The predicted octanol–water partition coefficient (Wildman–Crippen LogP) is 1.81. The number of aromatic amines is 1. The summed E-state index contributed by atoms with van der Waals surface area (Å²) in [4.78, 5) is 11.9.